The fourth-order valence-corrected chi connectivity index (χ4v) is 4.40. The van der Waals surface area contributed by atoms with Crippen molar-refractivity contribution in [1.82, 2.24) is 15.2 Å². The summed E-state index contributed by atoms with van der Waals surface area (Å²) in [5, 5.41) is 0.540. The van der Waals surface area contributed by atoms with Crippen LogP contribution in [-0.2, 0) is 19.6 Å². The monoisotopic (exact) mass is 449 g/mol. The Kier molecular flexibility index (Phi) is 7.22. The zero-order chi connectivity index (χ0) is 21.6. The third kappa shape index (κ3) is 5.67. The molecule has 1 heterocycles. The number of carbonyl (C=O) groups excluding carboxylic acids is 2. The first-order valence-electron chi connectivity index (χ1n) is 9.08. The number of hydrazine groups is 1. The van der Waals surface area contributed by atoms with E-state index in [4.69, 9.17) is 16.3 Å². The Balaban J connectivity index is 1.62. The van der Waals surface area contributed by atoms with Gasteiger partial charge in [-0.1, -0.05) is 29.8 Å². The van der Waals surface area contributed by atoms with E-state index >= 15 is 0 Å². The summed E-state index contributed by atoms with van der Waals surface area (Å²) in [5.74, 6) is -1.20. The van der Waals surface area contributed by atoms with E-state index in [9.17, 15) is 18.0 Å². The van der Waals surface area contributed by atoms with Gasteiger partial charge < -0.3 is 4.74 Å². The van der Waals surface area contributed by atoms with E-state index in [0.717, 1.165) is 5.56 Å². The summed E-state index contributed by atoms with van der Waals surface area (Å²) in [7, 11) is -3.73. The minimum absolute atomic E-state index is 0.00392. The Morgan fingerprint density at radius 1 is 1.03 bits per heavy atom. The molecule has 0 radical (unpaired) electrons. The van der Waals surface area contributed by atoms with E-state index in [-0.39, 0.29) is 23.5 Å². The van der Waals surface area contributed by atoms with Gasteiger partial charge >= 0.3 is 0 Å². The Morgan fingerprint density at radius 2 is 1.77 bits per heavy atom. The average molecular weight is 450 g/mol. The predicted molar refractivity (Wildman–Crippen MR) is 112 cm³/mol. The molecule has 0 saturated carbocycles. The van der Waals surface area contributed by atoms with E-state index in [1.54, 1.807) is 30.3 Å². The normalized spacial score (nSPS) is 15.1. The molecule has 0 aliphatic carbocycles. The number of ether oxygens (including phenoxy) is 1. The van der Waals surface area contributed by atoms with Crippen molar-refractivity contribution in [1.29, 1.82) is 0 Å². The molecule has 2 aromatic rings. The number of hydrogen-bond donors (Lipinski definition) is 2. The van der Waals surface area contributed by atoms with E-state index < -0.39 is 21.8 Å². The van der Waals surface area contributed by atoms with Crippen LogP contribution in [0.2, 0.25) is 5.02 Å². The summed E-state index contributed by atoms with van der Waals surface area (Å²) >= 11 is 5.88. The number of rotatable bonds is 5. The van der Waals surface area contributed by atoms with Crippen LogP contribution >= 0.6 is 11.6 Å². The van der Waals surface area contributed by atoms with Crippen molar-refractivity contribution in [2.24, 2.45) is 0 Å². The molecule has 10 heteroatoms. The average Bonchev–Trinajstić information content (AvgIpc) is 2.77. The number of halogens is 1. The van der Waals surface area contributed by atoms with Crippen LogP contribution in [0.5, 0.6) is 0 Å². The third-order valence-electron chi connectivity index (χ3n) is 4.28. The fraction of sp³-hybridized carbons (Fsp3) is 0.200. The third-order valence-corrected chi connectivity index (χ3v) is 6.41. The molecule has 0 atom stereocenters. The molecule has 8 nitrogen and oxygen atoms in total. The maximum atomic E-state index is 12.7. The maximum absolute atomic E-state index is 12.7. The maximum Gasteiger partial charge on any atom is 0.269 e. The summed E-state index contributed by atoms with van der Waals surface area (Å²) in [6.07, 6.45) is 2.79. The Bertz CT molecular complexity index is 1070. The van der Waals surface area contributed by atoms with Gasteiger partial charge in [-0.25, -0.2) is 8.42 Å². The highest BCUT2D eigenvalue weighted by molar-refractivity contribution is 7.89. The van der Waals surface area contributed by atoms with E-state index in [1.807, 2.05) is 0 Å². The van der Waals surface area contributed by atoms with Crippen LogP contribution in [0.1, 0.15) is 15.9 Å². The van der Waals surface area contributed by atoms with E-state index in [0.29, 0.717) is 18.2 Å². The predicted octanol–water partition coefficient (Wildman–Crippen LogP) is 1.84. The molecule has 1 fully saturated rings. The Hall–Kier alpha value is -2.72. The molecule has 2 amide bonds. The van der Waals surface area contributed by atoms with Gasteiger partial charge in [-0.2, -0.15) is 4.31 Å². The minimum atomic E-state index is -3.73. The van der Waals surface area contributed by atoms with Gasteiger partial charge in [0.15, 0.2) is 0 Å². The summed E-state index contributed by atoms with van der Waals surface area (Å²) in [4.78, 5) is 24.2. The molecule has 1 saturated heterocycles. The SMILES string of the molecule is O=C(/C=C/c1cccc(Cl)c1)NNC(=O)c1cccc(S(=O)(=O)N2CCOCC2)c1. The highest BCUT2D eigenvalue weighted by Crippen LogP contribution is 2.18. The van der Waals surface area contributed by atoms with Gasteiger partial charge in [-0.3, -0.25) is 20.4 Å². The molecule has 0 bridgehead atoms. The van der Waals surface area contributed by atoms with Gasteiger partial charge in [0.25, 0.3) is 11.8 Å². The Labute approximate surface area is 179 Å². The van der Waals surface area contributed by atoms with Gasteiger partial charge in [-0.05, 0) is 42.0 Å². The molecular formula is C20H20ClN3O5S. The van der Waals surface area contributed by atoms with Crippen LogP contribution < -0.4 is 10.9 Å². The molecule has 1 aliphatic rings. The van der Waals surface area contributed by atoms with Crippen molar-refractivity contribution in [2.45, 2.75) is 4.90 Å². The highest BCUT2D eigenvalue weighted by Gasteiger charge is 2.26. The second-order valence-corrected chi connectivity index (χ2v) is 8.75. The van der Waals surface area contributed by atoms with Gasteiger partial charge in [0.2, 0.25) is 10.0 Å². The molecule has 0 spiro atoms. The number of benzene rings is 2. The largest absolute Gasteiger partial charge is 0.379 e. The molecule has 2 aromatic carbocycles. The van der Waals surface area contributed by atoms with Crippen molar-refractivity contribution in [3.8, 4) is 0 Å². The lowest BCUT2D eigenvalue weighted by atomic mass is 10.2. The smallest absolute Gasteiger partial charge is 0.269 e. The lowest BCUT2D eigenvalue weighted by molar-refractivity contribution is -0.117. The van der Waals surface area contributed by atoms with Crippen molar-refractivity contribution in [2.75, 3.05) is 26.3 Å². The quantitative estimate of drug-likeness (QED) is 0.535. The topological polar surface area (TPSA) is 105 Å². The summed E-state index contributed by atoms with van der Waals surface area (Å²) in [6, 6.07) is 12.6. The minimum Gasteiger partial charge on any atom is -0.379 e. The number of nitrogens with one attached hydrogen (secondary N) is 2. The zero-order valence-electron chi connectivity index (χ0n) is 15.9. The molecular weight excluding hydrogens is 430 g/mol. The first-order valence-corrected chi connectivity index (χ1v) is 10.9. The van der Waals surface area contributed by atoms with Crippen LogP contribution in [0.3, 0.4) is 0 Å². The molecule has 0 aromatic heterocycles. The Morgan fingerprint density at radius 3 is 2.50 bits per heavy atom. The van der Waals surface area contributed by atoms with Crippen molar-refractivity contribution >= 4 is 39.5 Å². The second kappa shape index (κ2) is 9.86. The van der Waals surface area contributed by atoms with Gasteiger partial charge in [0, 0.05) is 29.8 Å². The molecule has 0 unspecified atom stereocenters. The van der Waals surface area contributed by atoms with Crippen molar-refractivity contribution in [3.05, 3.63) is 70.8 Å². The number of hydrogen-bond acceptors (Lipinski definition) is 5. The first-order chi connectivity index (χ1) is 14.4. The van der Waals surface area contributed by atoms with Gasteiger partial charge in [-0.15, -0.1) is 0 Å². The molecule has 2 N–H and O–H groups in total. The van der Waals surface area contributed by atoms with Gasteiger partial charge in [0.1, 0.15) is 0 Å². The van der Waals surface area contributed by atoms with Crippen molar-refractivity contribution in [3.63, 3.8) is 0 Å². The van der Waals surface area contributed by atoms with Crippen LogP contribution in [0.25, 0.3) is 6.08 Å². The summed E-state index contributed by atoms with van der Waals surface area (Å²) in [5.41, 5.74) is 5.34. The number of amides is 2. The molecule has 30 heavy (non-hydrogen) atoms. The lowest BCUT2D eigenvalue weighted by Crippen LogP contribution is -2.41. The van der Waals surface area contributed by atoms with Crippen LogP contribution in [0.4, 0.5) is 0 Å². The first kappa shape index (κ1) is 22.0. The van der Waals surface area contributed by atoms with E-state index in [1.165, 1.54) is 34.6 Å². The standard InChI is InChI=1S/C20H20ClN3O5S/c21-17-5-1-3-15(13-17)7-8-19(25)22-23-20(26)16-4-2-6-18(14-16)30(27,28)24-9-11-29-12-10-24/h1-8,13-14H,9-12H2,(H,22,25)(H,23,26)/b8-7+. The van der Waals surface area contributed by atoms with Crippen LogP contribution in [0, 0.1) is 0 Å². The molecule has 158 valence electrons. The second-order valence-electron chi connectivity index (χ2n) is 6.38. The number of sulfonamides is 1. The highest BCUT2D eigenvalue weighted by atomic mass is 35.5. The lowest BCUT2D eigenvalue weighted by Gasteiger charge is -2.26. The van der Waals surface area contributed by atoms with Crippen LogP contribution in [-0.4, -0.2) is 50.8 Å². The van der Waals surface area contributed by atoms with Crippen molar-refractivity contribution < 1.29 is 22.7 Å². The van der Waals surface area contributed by atoms with Crippen LogP contribution in [0.15, 0.2) is 59.5 Å². The number of morpholine rings is 1. The zero-order valence-corrected chi connectivity index (χ0v) is 17.4. The molecule has 1 aliphatic heterocycles. The van der Waals surface area contributed by atoms with E-state index in [2.05, 4.69) is 10.9 Å². The number of carbonyl (C=O) groups is 2. The number of nitrogens with zero attached hydrogens (tertiary/aromatic N) is 1. The fourth-order valence-electron chi connectivity index (χ4n) is 2.75. The summed E-state index contributed by atoms with van der Waals surface area (Å²) < 4.78 is 31.9. The molecule has 3 rings (SSSR count). The van der Waals surface area contributed by atoms with Gasteiger partial charge in [0.05, 0.1) is 18.1 Å². The summed E-state index contributed by atoms with van der Waals surface area (Å²) in [6.45, 7) is 1.17.